The number of hydrogen-bond acceptors (Lipinski definition) is 5. The van der Waals surface area contributed by atoms with Crippen LogP contribution in [0.4, 0.5) is 0 Å². The molecule has 0 atom stereocenters. The molecule has 2 aromatic rings. The number of nitrogens with one attached hydrogen (secondary N) is 1. The molecule has 0 amide bonds. The van der Waals surface area contributed by atoms with Crippen LogP contribution in [-0.4, -0.2) is 26.3 Å². The first-order valence-corrected chi connectivity index (χ1v) is 6.68. The highest BCUT2D eigenvalue weighted by Crippen LogP contribution is 2.39. The maximum absolute atomic E-state index is 5.45. The molecule has 0 spiro atoms. The third-order valence-electron chi connectivity index (χ3n) is 3.13. The second kappa shape index (κ2) is 7.50. The number of pyridine rings is 1. The molecule has 1 N–H and O–H groups in total. The first kappa shape index (κ1) is 15.1. The monoisotopic (exact) mass is 288 g/mol. The Hall–Kier alpha value is -2.27. The quantitative estimate of drug-likeness (QED) is 0.848. The van der Waals surface area contributed by atoms with E-state index in [9.17, 15) is 0 Å². The fourth-order valence-electron chi connectivity index (χ4n) is 2.13. The van der Waals surface area contributed by atoms with Gasteiger partial charge in [0, 0.05) is 24.8 Å². The summed E-state index contributed by atoms with van der Waals surface area (Å²) in [6, 6.07) is 9.70. The van der Waals surface area contributed by atoms with Crippen molar-refractivity contribution < 1.29 is 14.2 Å². The Bertz CT molecular complexity index is 573. The topological polar surface area (TPSA) is 52.6 Å². The minimum atomic E-state index is 0.608. The van der Waals surface area contributed by atoms with E-state index in [0.29, 0.717) is 30.3 Å². The van der Waals surface area contributed by atoms with Crippen molar-refractivity contribution in [2.45, 2.75) is 13.1 Å². The number of methoxy groups -OCH3 is 3. The Balaban J connectivity index is 2.09. The van der Waals surface area contributed by atoms with Crippen molar-refractivity contribution in [1.82, 2.24) is 10.3 Å². The van der Waals surface area contributed by atoms with Crippen LogP contribution in [-0.2, 0) is 13.1 Å². The minimum absolute atomic E-state index is 0.608. The lowest BCUT2D eigenvalue weighted by Gasteiger charge is -2.16. The molecule has 0 radical (unpaired) electrons. The van der Waals surface area contributed by atoms with Crippen LogP contribution in [0.2, 0.25) is 0 Å². The van der Waals surface area contributed by atoms with E-state index in [1.165, 1.54) is 0 Å². The first-order valence-electron chi connectivity index (χ1n) is 6.68. The van der Waals surface area contributed by atoms with Crippen LogP contribution in [0.15, 0.2) is 36.5 Å². The highest BCUT2D eigenvalue weighted by Gasteiger charge is 2.15. The zero-order valence-electron chi connectivity index (χ0n) is 12.6. The van der Waals surface area contributed by atoms with Crippen molar-refractivity contribution in [3.63, 3.8) is 0 Å². The van der Waals surface area contributed by atoms with Crippen molar-refractivity contribution in [1.29, 1.82) is 0 Å². The van der Waals surface area contributed by atoms with E-state index in [4.69, 9.17) is 14.2 Å². The zero-order chi connectivity index (χ0) is 15.1. The first-order chi connectivity index (χ1) is 10.3. The van der Waals surface area contributed by atoms with E-state index in [1.807, 2.05) is 30.3 Å². The Kier molecular flexibility index (Phi) is 5.40. The molecule has 0 saturated carbocycles. The molecule has 0 aliphatic carbocycles. The highest BCUT2D eigenvalue weighted by atomic mass is 16.5. The van der Waals surface area contributed by atoms with Crippen molar-refractivity contribution >= 4 is 0 Å². The smallest absolute Gasteiger partial charge is 0.203 e. The van der Waals surface area contributed by atoms with Gasteiger partial charge in [-0.1, -0.05) is 12.1 Å². The van der Waals surface area contributed by atoms with Gasteiger partial charge >= 0.3 is 0 Å². The van der Waals surface area contributed by atoms with Gasteiger partial charge in [-0.3, -0.25) is 4.98 Å². The Morgan fingerprint density at radius 2 is 1.71 bits per heavy atom. The average molecular weight is 288 g/mol. The summed E-state index contributed by atoms with van der Waals surface area (Å²) >= 11 is 0. The third-order valence-corrected chi connectivity index (χ3v) is 3.13. The van der Waals surface area contributed by atoms with Crippen molar-refractivity contribution in [2.75, 3.05) is 21.3 Å². The molecule has 1 aromatic carbocycles. The van der Waals surface area contributed by atoms with Crippen molar-refractivity contribution in [3.8, 4) is 17.2 Å². The van der Waals surface area contributed by atoms with Gasteiger partial charge in [-0.25, -0.2) is 0 Å². The number of rotatable bonds is 7. The summed E-state index contributed by atoms with van der Waals surface area (Å²) in [5.41, 5.74) is 2.00. The summed E-state index contributed by atoms with van der Waals surface area (Å²) in [6.45, 7) is 1.35. The summed E-state index contributed by atoms with van der Waals surface area (Å²) < 4.78 is 16.1. The normalized spacial score (nSPS) is 10.2. The molecule has 112 valence electrons. The fraction of sp³-hybridized carbons (Fsp3) is 0.312. The lowest BCUT2D eigenvalue weighted by Crippen LogP contribution is -2.14. The molecule has 5 nitrogen and oxygen atoms in total. The standard InChI is InChI=1S/C16H20N2O3/c1-19-14-8-7-12(15(20-2)16(14)21-3)10-17-11-13-6-4-5-9-18-13/h4-9,17H,10-11H2,1-3H3. The number of hydrogen-bond donors (Lipinski definition) is 1. The molecular weight excluding hydrogens is 268 g/mol. The molecule has 5 heteroatoms. The molecule has 2 rings (SSSR count). The maximum atomic E-state index is 5.45. The van der Waals surface area contributed by atoms with E-state index in [2.05, 4.69) is 10.3 Å². The Morgan fingerprint density at radius 1 is 0.905 bits per heavy atom. The third kappa shape index (κ3) is 3.64. The number of nitrogens with zero attached hydrogens (tertiary/aromatic N) is 1. The number of benzene rings is 1. The highest BCUT2D eigenvalue weighted by molar-refractivity contribution is 5.55. The van der Waals surface area contributed by atoms with Gasteiger partial charge in [-0.2, -0.15) is 0 Å². The molecule has 21 heavy (non-hydrogen) atoms. The van der Waals surface area contributed by atoms with Crippen LogP contribution >= 0.6 is 0 Å². The lowest BCUT2D eigenvalue weighted by atomic mass is 10.1. The van der Waals surface area contributed by atoms with Gasteiger partial charge in [0.1, 0.15) is 0 Å². The zero-order valence-corrected chi connectivity index (χ0v) is 12.6. The summed E-state index contributed by atoms with van der Waals surface area (Å²) in [6.07, 6.45) is 1.79. The Morgan fingerprint density at radius 3 is 2.33 bits per heavy atom. The SMILES string of the molecule is COc1ccc(CNCc2ccccn2)c(OC)c1OC. The van der Waals surface area contributed by atoms with Crippen LogP contribution < -0.4 is 19.5 Å². The van der Waals surface area contributed by atoms with Gasteiger partial charge in [0.2, 0.25) is 5.75 Å². The van der Waals surface area contributed by atoms with Gasteiger partial charge in [0.25, 0.3) is 0 Å². The predicted octanol–water partition coefficient (Wildman–Crippen LogP) is 2.40. The van der Waals surface area contributed by atoms with Crippen LogP contribution in [0.1, 0.15) is 11.3 Å². The summed E-state index contributed by atoms with van der Waals surface area (Å²) in [4.78, 5) is 4.28. The van der Waals surface area contributed by atoms with Crippen LogP contribution in [0.25, 0.3) is 0 Å². The summed E-state index contributed by atoms with van der Waals surface area (Å²) in [5, 5.41) is 3.34. The van der Waals surface area contributed by atoms with Crippen LogP contribution in [0, 0.1) is 0 Å². The molecule has 0 fully saturated rings. The number of ether oxygens (including phenoxy) is 3. The molecular formula is C16H20N2O3. The molecule has 0 saturated heterocycles. The molecule has 0 aliphatic rings. The van der Waals surface area contributed by atoms with Gasteiger partial charge in [-0.05, 0) is 18.2 Å². The molecule has 0 aliphatic heterocycles. The second-order valence-corrected chi connectivity index (χ2v) is 4.42. The van der Waals surface area contributed by atoms with E-state index in [1.54, 1.807) is 27.5 Å². The maximum Gasteiger partial charge on any atom is 0.203 e. The van der Waals surface area contributed by atoms with Crippen LogP contribution in [0.5, 0.6) is 17.2 Å². The predicted molar refractivity (Wildman–Crippen MR) is 80.9 cm³/mol. The Labute approximate surface area is 124 Å². The van der Waals surface area contributed by atoms with Crippen LogP contribution in [0.3, 0.4) is 0 Å². The fourth-order valence-corrected chi connectivity index (χ4v) is 2.13. The van der Waals surface area contributed by atoms with E-state index < -0.39 is 0 Å². The van der Waals surface area contributed by atoms with Gasteiger partial charge in [0.15, 0.2) is 11.5 Å². The largest absolute Gasteiger partial charge is 0.493 e. The molecule has 1 aromatic heterocycles. The van der Waals surface area contributed by atoms with Gasteiger partial charge < -0.3 is 19.5 Å². The molecule has 1 heterocycles. The number of aromatic nitrogens is 1. The summed E-state index contributed by atoms with van der Waals surface area (Å²) in [7, 11) is 4.83. The van der Waals surface area contributed by atoms with Gasteiger partial charge in [-0.15, -0.1) is 0 Å². The van der Waals surface area contributed by atoms with E-state index in [-0.39, 0.29) is 0 Å². The molecule has 0 unspecified atom stereocenters. The second-order valence-electron chi connectivity index (χ2n) is 4.42. The summed E-state index contributed by atoms with van der Waals surface area (Å²) in [5.74, 6) is 1.95. The van der Waals surface area contributed by atoms with Crippen molar-refractivity contribution in [3.05, 3.63) is 47.8 Å². The van der Waals surface area contributed by atoms with Gasteiger partial charge in [0.05, 0.1) is 27.0 Å². The van der Waals surface area contributed by atoms with E-state index in [0.717, 1.165) is 11.3 Å². The lowest BCUT2D eigenvalue weighted by molar-refractivity contribution is 0.321. The van der Waals surface area contributed by atoms with Crippen molar-refractivity contribution in [2.24, 2.45) is 0 Å². The van der Waals surface area contributed by atoms with E-state index >= 15 is 0 Å². The minimum Gasteiger partial charge on any atom is -0.493 e. The molecule has 0 bridgehead atoms. The average Bonchev–Trinajstić information content (AvgIpc) is 2.55.